The van der Waals surface area contributed by atoms with E-state index >= 15 is 4.79 Å². The van der Waals surface area contributed by atoms with Crippen molar-refractivity contribution in [3.05, 3.63) is 33.4 Å². The number of carbonyl (C=O) groups excluding carboxylic acids is 1. The van der Waals surface area contributed by atoms with Crippen LogP contribution in [0.4, 0.5) is 0 Å². The monoisotopic (exact) mass is 1140 g/mol. The highest BCUT2D eigenvalue weighted by Crippen LogP contribution is 2.75. The van der Waals surface area contributed by atoms with Crippen molar-refractivity contribution in [2.24, 2.45) is 0 Å². The lowest BCUT2D eigenvalue weighted by molar-refractivity contribution is -0.246. The molecule has 7 aliphatic rings. The molecule has 1 atom stereocenters. The molecule has 3 N–H and O–H groups in total. The molecule has 7 aliphatic heterocycles. The highest BCUT2D eigenvalue weighted by atomic mass is 32.2. The second-order valence-corrected chi connectivity index (χ2v) is 43.1. The molecule has 0 aromatic heterocycles. The van der Waals surface area contributed by atoms with Gasteiger partial charge >= 0.3 is 11.9 Å². The van der Waals surface area contributed by atoms with Crippen LogP contribution in [0.3, 0.4) is 0 Å². The molecule has 1 saturated heterocycles. The summed E-state index contributed by atoms with van der Waals surface area (Å²) in [5.74, 6) is -2.52. The number of amides is 1. The molecule has 7 heterocycles. The lowest BCUT2D eigenvalue weighted by atomic mass is 9.83. The third-order valence-electron chi connectivity index (χ3n) is 12.7. The molecule has 0 saturated carbocycles. The average Bonchev–Trinajstić information content (AvgIpc) is 3.99. The number of hydrogen-bond donors (Lipinski definition) is 3. The Morgan fingerprint density at radius 2 is 0.676 bits per heavy atom. The molecule has 0 bridgehead atoms. The van der Waals surface area contributed by atoms with E-state index in [9.17, 15) is 25.0 Å². The number of nitrogens with one attached hydrogen (secondary N) is 1. The summed E-state index contributed by atoms with van der Waals surface area (Å²) >= 11 is 20.5. The Morgan fingerprint density at radius 1 is 0.441 bits per heavy atom. The molecule has 3 aromatic rings. The van der Waals surface area contributed by atoms with Crippen LogP contribution in [0.5, 0.6) is 0 Å². The Labute approximate surface area is 451 Å². The number of aromatic carboxylic acids is 2. The van der Waals surface area contributed by atoms with Gasteiger partial charge in [-0.25, -0.2) is 9.59 Å². The fraction of sp³-hybridized carbons (Fsp3) is 0.562. The van der Waals surface area contributed by atoms with Crippen molar-refractivity contribution < 1.29 is 29.8 Å². The summed E-state index contributed by atoms with van der Waals surface area (Å²) in [7, 11) is 0. The Morgan fingerprint density at radius 3 is 0.897 bits per heavy atom. The normalized spacial score (nSPS) is 25.2. The molecule has 365 valence electrons. The van der Waals surface area contributed by atoms with E-state index in [1.165, 1.54) is 0 Å². The fourth-order valence-electron chi connectivity index (χ4n) is 10.3. The number of carboxylic acids is 2. The number of carbonyl (C=O) groups is 3. The molecule has 68 heavy (non-hydrogen) atoms. The van der Waals surface area contributed by atoms with E-state index in [2.05, 4.69) is 88.4 Å². The first-order valence-electron chi connectivity index (χ1n) is 22.3. The van der Waals surface area contributed by atoms with E-state index in [-0.39, 0.29) is 36.4 Å². The zero-order valence-corrected chi connectivity index (χ0v) is 50.5. The van der Waals surface area contributed by atoms with E-state index < -0.39 is 28.9 Å². The molecule has 1 unspecified atom stereocenters. The predicted molar refractivity (Wildman–Crippen MR) is 296 cm³/mol. The standard InChI is InChI=1S/C48H55N2O6S12/c1-41(2)17-18(42(3,4)50(41)56)49-38(51)23-32-26(57-43(5,6)63-32)20(27-33(23)64-44(7,8)58-27)19(21-28-34(65-45(9,10)59-28)24(39(52)53)35-29(21)60-46(11,12)66-35)22-30-36(67-47(13,14)61-30)25(40(54)55)37-31(22)62-48(15,16)68-37/h18-19H,17H2,1-16H3,(H,49,51)(H,52,53)(H,54,55)/i49+1. The molecule has 10 rings (SSSR count). The summed E-state index contributed by atoms with van der Waals surface area (Å²) in [5, 5.41) is 40.7. The largest absolute Gasteiger partial charge is 0.478 e. The molecule has 1 amide bonds. The summed E-state index contributed by atoms with van der Waals surface area (Å²) in [6.07, 6.45) is 0.516. The van der Waals surface area contributed by atoms with Crippen molar-refractivity contribution in [2.75, 3.05) is 0 Å². The van der Waals surface area contributed by atoms with Crippen molar-refractivity contribution in [2.45, 2.75) is 223 Å². The first kappa shape index (κ1) is 51.7. The zero-order valence-electron chi connectivity index (χ0n) is 40.7. The quantitative estimate of drug-likeness (QED) is 0.153. The first-order valence-corrected chi connectivity index (χ1v) is 32.1. The smallest absolute Gasteiger partial charge is 0.338 e. The van der Waals surface area contributed by atoms with Crippen LogP contribution >= 0.6 is 141 Å². The Balaban J connectivity index is 1.37. The van der Waals surface area contributed by atoms with E-state index in [0.29, 0.717) is 23.1 Å². The van der Waals surface area contributed by atoms with Gasteiger partial charge in [-0.15, -0.1) is 151 Å². The number of hydrogen-bond acceptors (Lipinski definition) is 16. The number of thioether (sulfide) groups is 12. The maximum atomic E-state index is 15.5. The number of carboxylic acid groups (broad SMARTS) is 2. The van der Waals surface area contributed by atoms with E-state index in [4.69, 9.17) is 0 Å². The van der Waals surface area contributed by atoms with Gasteiger partial charge < -0.3 is 15.5 Å². The van der Waals surface area contributed by atoms with Gasteiger partial charge in [-0.3, -0.25) is 4.79 Å². The molecule has 20 heteroatoms. The number of rotatable bonds is 7. The number of fused-ring (bicyclic) bond motifs is 6. The Kier molecular flexibility index (Phi) is 12.4. The van der Waals surface area contributed by atoms with Gasteiger partial charge in [-0.1, -0.05) is 0 Å². The highest BCUT2D eigenvalue weighted by Gasteiger charge is 2.56. The van der Waals surface area contributed by atoms with Gasteiger partial charge in [0.1, 0.15) is 0 Å². The second-order valence-electron chi connectivity index (χ2n) is 22.0. The van der Waals surface area contributed by atoms with Gasteiger partial charge in [0.25, 0.3) is 5.91 Å². The molecule has 1 fully saturated rings. The molecule has 3 aromatic carbocycles. The van der Waals surface area contributed by atoms with Crippen LogP contribution < -0.4 is 5.32 Å². The van der Waals surface area contributed by atoms with Crippen molar-refractivity contribution in [3.8, 4) is 0 Å². The van der Waals surface area contributed by atoms with E-state index in [1.54, 1.807) is 141 Å². The first-order chi connectivity index (χ1) is 31.1. The van der Waals surface area contributed by atoms with Crippen LogP contribution in [0.2, 0.25) is 0 Å². The summed E-state index contributed by atoms with van der Waals surface area (Å²) in [5.41, 5.74) is 3.19. The fourth-order valence-corrected chi connectivity index (χ4v) is 28.2. The summed E-state index contributed by atoms with van der Waals surface area (Å²) in [6.45, 7) is 34.0. The zero-order chi connectivity index (χ0) is 49.8. The number of benzene rings is 3. The third kappa shape index (κ3) is 8.38. The van der Waals surface area contributed by atoms with E-state index in [1.807, 2.05) is 27.7 Å². The van der Waals surface area contributed by atoms with Gasteiger partial charge in [0.05, 0.1) is 52.7 Å². The van der Waals surface area contributed by atoms with Crippen LogP contribution in [0.25, 0.3) is 0 Å². The van der Waals surface area contributed by atoms with Gasteiger partial charge in [0.15, 0.2) is 0 Å². The van der Waals surface area contributed by atoms with Crippen LogP contribution in [-0.4, -0.2) is 74.7 Å². The Hall–Kier alpha value is 0.190. The lowest BCUT2D eigenvalue weighted by Gasteiger charge is -2.34. The topological polar surface area (TPSA) is 127 Å². The summed E-state index contributed by atoms with van der Waals surface area (Å²) < 4.78 is -2.26. The maximum Gasteiger partial charge on any atom is 0.338 e. The van der Waals surface area contributed by atoms with Crippen molar-refractivity contribution in [3.63, 3.8) is 0 Å². The second kappa shape index (κ2) is 16.3. The lowest BCUT2D eigenvalue weighted by Crippen LogP contribution is -2.52. The molecular formula is C48H55N2O6S12. The molecule has 1 radical (unpaired) electrons. The summed E-state index contributed by atoms with van der Waals surface area (Å²) in [6, 6.07) is -0.386. The SMILES string of the molecule is CC1(C)Sc2c(c(C(c3c4c(c(C(=O)O)c5c3SC(C)(C)S5)SC(C)(C)S4)c3c4c(c(C(=O)[15NH]C5CC(C)(C)N([O])C5(C)C)c5c3SC(C)(C)S5)SC(C)(C)S4)c3c(c2C(=O)O)SC(C)(C)S3)S1. The molecule has 0 spiro atoms. The summed E-state index contributed by atoms with van der Waals surface area (Å²) in [4.78, 5) is 53.9. The predicted octanol–water partition coefficient (Wildman–Crippen LogP) is 16.6. The minimum Gasteiger partial charge on any atom is -0.478 e. The number of hydroxylamine groups is 2. The van der Waals surface area contributed by atoms with Crippen molar-refractivity contribution in [1.82, 2.24) is 10.4 Å². The van der Waals surface area contributed by atoms with Crippen molar-refractivity contribution >= 4 is 159 Å². The van der Waals surface area contributed by atoms with Crippen molar-refractivity contribution in [1.29, 1.82) is 0 Å². The van der Waals surface area contributed by atoms with Gasteiger partial charge in [0, 0.05) is 70.2 Å². The maximum absolute atomic E-state index is 15.5. The van der Waals surface area contributed by atoms with Gasteiger partial charge in [-0.05, 0) is 134 Å². The Bertz CT molecular complexity index is 2600. The minimum absolute atomic E-state index is 0.175. The third-order valence-corrected chi connectivity index (χ3v) is 29.8. The van der Waals surface area contributed by atoms with E-state index in [0.717, 1.165) is 80.5 Å². The van der Waals surface area contributed by atoms with Crippen LogP contribution in [-0.2, 0) is 5.21 Å². The van der Waals surface area contributed by atoms with Gasteiger partial charge in [-0.2, -0.15) is 0 Å². The highest BCUT2D eigenvalue weighted by molar-refractivity contribution is 8.23. The van der Waals surface area contributed by atoms with Crippen LogP contribution in [0.1, 0.15) is 171 Å². The molecular weight excluding hydrogens is 1090 g/mol. The van der Waals surface area contributed by atoms with Crippen LogP contribution in [0.15, 0.2) is 58.7 Å². The molecule has 0 aliphatic carbocycles. The van der Waals surface area contributed by atoms with Gasteiger partial charge in [0.2, 0.25) is 0 Å². The van der Waals surface area contributed by atoms with Crippen LogP contribution in [0, 0.1) is 0 Å². The minimum atomic E-state index is -0.930. The average molecular weight is 1140 g/mol. The molecule has 8 nitrogen and oxygen atoms in total. The number of nitrogens with zero attached hydrogens (tertiary/aromatic N) is 1.